The van der Waals surface area contributed by atoms with E-state index in [9.17, 15) is 4.39 Å². The first-order valence-electron chi connectivity index (χ1n) is 6.19. The molecule has 1 atom stereocenters. The Morgan fingerprint density at radius 1 is 1.47 bits per heavy atom. The van der Waals surface area contributed by atoms with Gasteiger partial charge >= 0.3 is 0 Å². The van der Waals surface area contributed by atoms with Gasteiger partial charge in [-0.2, -0.15) is 0 Å². The predicted octanol–water partition coefficient (Wildman–Crippen LogP) is 2.38. The Morgan fingerprint density at radius 2 is 2.18 bits per heavy atom. The molecule has 2 nitrogen and oxygen atoms in total. The zero-order chi connectivity index (χ0) is 12.5. The SMILES string of the molecule is CN(Cc1cccc(F)c1)CC(C)(N)C1CC1. The van der Waals surface area contributed by atoms with Gasteiger partial charge < -0.3 is 10.6 Å². The molecular formula is C14H21FN2. The van der Waals surface area contributed by atoms with E-state index in [1.165, 1.54) is 18.9 Å². The Kier molecular flexibility index (Phi) is 3.50. The van der Waals surface area contributed by atoms with Crippen molar-refractivity contribution < 1.29 is 4.39 Å². The monoisotopic (exact) mass is 236 g/mol. The van der Waals surface area contributed by atoms with Crippen LogP contribution in [-0.4, -0.2) is 24.0 Å². The summed E-state index contributed by atoms with van der Waals surface area (Å²) in [7, 11) is 2.04. The van der Waals surface area contributed by atoms with Crippen LogP contribution >= 0.6 is 0 Å². The minimum atomic E-state index is -0.173. The van der Waals surface area contributed by atoms with Crippen molar-refractivity contribution in [2.24, 2.45) is 11.7 Å². The van der Waals surface area contributed by atoms with Crippen LogP contribution in [0.1, 0.15) is 25.3 Å². The van der Waals surface area contributed by atoms with E-state index < -0.39 is 0 Å². The summed E-state index contributed by atoms with van der Waals surface area (Å²) in [6.07, 6.45) is 2.50. The standard InChI is InChI=1S/C14H21FN2/c1-14(16,12-6-7-12)10-17(2)9-11-4-3-5-13(15)8-11/h3-5,8,12H,6-7,9-10,16H2,1-2H3. The van der Waals surface area contributed by atoms with Gasteiger partial charge in [0.2, 0.25) is 0 Å². The third-order valence-corrected chi connectivity index (χ3v) is 3.46. The molecule has 1 aliphatic carbocycles. The maximum Gasteiger partial charge on any atom is 0.123 e. The van der Waals surface area contributed by atoms with Crippen molar-refractivity contribution in [3.8, 4) is 0 Å². The number of benzene rings is 1. The van der Waals surface area contributed by atoms with E-state index in [0.29, 0.717) is 5.92 Å². The number of hydrogen-bond acceptors (Lipinski definition) is 2. The summed E-state index contributed by atoms with van der Waals surface area (Å²) < 4.78 is 13.1. The van der Waals surface area contributed by atoms with Crippen LogP contribution in [0, 0.1) is 11.7 Å². The van der Waals surface area contributed by atoms with Gasteiger partial charge in [-0.1, -0.05) is 12.1 Å². The number of halogens is 1. The Hall–Kier alpha value is -0.930. The van der Waals surface area contributed by atoms with Crippen LogP contribution in [0.2, 0.25) is 0 Å². The second-order valence-corrected chi connectivity index (χ2v) is 5.58. The highest BCUT2D eigenvalue weighted by Gasteiger charge is 2.38. The lowest BCUT2D eigenvalue weighted by Gasteiger charge is -2.30. The molecule has 1 saturated carbocycles. The Balaban J connectivity index is 1.90. The van der Waals surface area contributed by atoms with E-state index >= 15 is 0 Å². The average Bonchev–Trinajstić information content (AvgIpc) is 2.98. The maximum absolute atomic E-state index is 13.1. The number of hydrogen-bond donors (Lipinski definition) is 1. The first kappa shape index (κ1) is 12.5. The zero-order valence-electron chi connectivity index (χ0n) is 10.6. The molecule has 0 bridgehead atoms. The van der Waals surface area contributed by atoms with Crippen LogP contribution < -0.4 is 5.73 Å². The van der Waals surface area contributed by atoms with Gasteiger partial charge in [0.1, 0.15) is 5.82 Å². The average molecular weight is 236 g/mol. The fraction of sp³-hybridized carbons (Fsp3) is 0.571. The van der Waals surface area contributed by atoms with Crippen molar-refractivity contribution in [2.75, 3.05) is 13.6 Å². The number of nitrogens with zero attached hydrogens (tertiary/aromatic N) is 1. The second kappa shape index (κ2) is 4.75. The van der Waals surface area contributed by atoms with Crippen molar-refractivity contribution in [1.29, 1.82) is 0 Å². The Morgan fingerprint density at radius 3 is 2.76 bits per heavy atom. The molecule has 0 spiro atoms. The number of rotatable bonds is 5. The topological polar surface area (TPSA) is 29.3 Å². The molecule has 0 radical (unpaired) electrons. The van der Waals surface area contributed by atoms with Crippen LogP contribution in [0.3, 0.4) is 0 Å². The van der Waals surface area contributed by atoms with E-state index in [4.69, 9.17) is 5.73 Å². The fourth-order valence-corrected chi connectivity index (χ4v) is 2.46. The molecule has 94 valence electrons. The zero-order valence-corrected chi connectivity index (χ0v) is 10.6. The lowest BCUT2D eigenvalue weighted by Crippen LogP contribution is -2.48. The maximum atomic E-state index is 13.1. The smallest absolute Gasteiger partial charge is 0.123 e. The van der Waals surface area contributed by atoms with Crippen LogP contribution in [0.25, 0.3) is 0 Å². The summed E-state index contributed by atoms with van der Waals surface area (Å²) in [6, 6.07) is 6.76. The minimum absolute atomic E-state index is 0.109. The molecule has 0 aromatic heterocycles. The van der Waals surface area contributed by atoms with Gasteiger partial charge in [0.15, 0.2) is 0 Å². The van der Waals surface area contributed by atoms with Crippen LogP contribution in [0.15, 0.2) is 24.3 Å². The van der Waals surface area contributed by atoms with Gasteiger partial charge in [-0.15, -0.1) is 0 Å². The van der Waals surface area contributed by atoms with Gasteiger partial charge in [-0.05, 0) is 50.4 Å². The van der Waals surface area contributed by atoms with Crippen LogP contribution in [-0.2, 0) is 6.54 Å². The van der Waals surface area contributed by atoms with Gasteiger partial charge in [-0.25, -0.2) is 4.39 Å². The van der Waals surface area contributed by atoms with Gasteiger partial charge in [-0.3, -0.25) is 0 Å². The van der Waals surface area contributed by atoms with Crippen LogP contribution in [0.4, 0.5) is 4.39 Å². The lowest BCUT2D eigenvalue weighted by molar-refractivity contribution is 0.232. The van der Waals surface area contributed by atoms with Crippen molar-refractivity contribution in [3.05, 3.63) is 35.6 Å². The molecular weight excluding hydrogens is 215 g/mol. The summed E-state index contributed by atoms with van der Waals surface area (Å²) in [4.78, 5) is 2.17. The van der Waals surface area contributed by atoms with Crippen molar-refractivity contribution in [3.63, 3.8) is 0 Å². The van der Waals surface area contributed by atoms with Gasteiger partial charge in [0, 0.05) is 18.6 Å². The highest BCUT2D eigenvalue weighted by molar-refractivity contribution is 5.16. The summed E-state index contributed by atoms with van der Waals surface area (Å²) in [6.45, 7) is 3.72. The molecule has 1 aromatic carbocycles. The van der Waals surface area contributed by atoms with Crippen molar-refractivity contribution >= 4 is 0 Å². The molecule has 2 rings (SSSR count). The van der Waals surface area contributed by atoms with E-state index in [2.05, 4.69) is 11.8 Å². The summed E-state index contributed by atoms with van der Waals surface area (Å²) in [5, 5.41) is 0. The van der Waals surface area contributed by atoms with Gasteiger partial charge in [0.25, 0.3) is 0 Å². The molecule has 0 heterocycles. The predicted molar refractivity (Wildman–Crippen MR) is 68.1 cm³/mol. The molecule has 2 N–H and O–H groups in total. The molecule has 0 saturated heterocycles. The van der Waals surface area contributed by atoms with Crippen molar-refractivity contribution in [2.45, 2.75) is 31.8 Å². The molecule has 1 fully saturated rings. The van der Waals surface area contributed by atoms with E-state index in [0.717, 1.165) is 18.7 Å². The second-order valence-electron chi connectivity index (χ2n) is 5.58. The Labute approximate surface area is 103 Å². The first-order valence-corrected chi connectivity index (χ1v) is 6.19. The highest BCUT2D eigenvalue weighted by Crippen LogP contribution is 2.38. The number of nitrogens with two attached hydrogens (primary N) is 1. The highest BCUT2D eigenvalue weighted by atomic mass is 19.1. The summed E-state index contributed by atoms with van der Waals surface area (Å²) in [5.41, 5.74) is 7.18. The molecule has 17 heavy (non-hydrogen) atoms. The minimum Gasteiger partial charge on any atom is -0.324 e. The molecule has 1 aliphatic rings. The van der Waals surface area contributed by atoms with Crippen LogP contribution in [0.5, 0.6) is 0 Å². The molecule has 0 aliphatic heterocycles. The largest absolute Gasteiger partial charge is 0.324 e. The number of likely N-dealkylation sites (N-methyl/N-ethyl adjacent to an activating group) is 1. The van der Waals surface area contributed by atoms with E-state index in [-0.39, 0.29) is 11.4 Å². The lowest BCUT2D eigenvalue weighted by atomic mass is 9.96. The fourth-order valence-electron chi connectivity index (χ4n) is 2.46. The van der Waals surface area contributed by atoms with E-state index in [1.807, 2.05) is 13.1 Å². The third-order valence-electron chi connectivity index (χ3n) is 3.46. The summed E-state index contributed by atoms with van der Waals surface area (Å²) in [5.74, 6) is 0.492. The van der Waals surface area contributed by atoms with Crippen molar-refractivity contribution in [1.82, 2.24) is 4.90 Å². The van der Waals surface area contributed by atoms with Gasteiger partial charge in [0.05, 0.1) is 0 Å². The molecule has 1 unspecified atom stereocenters. The van der Waals surface area contributed by atoms with E-state index in [1.54, 1.807) is 12.1 Å². The quantitative estimate of drug-likeness (QED) is 0.850. The molecule has 3 heteroatoms. The molecule has 1 aromatic rings. The molecule has 0 amide bonds. The third kappa shape index (κ3) is 3.51. The summed E-state index contributed by atoms with van der Waals surface area (Å²) >= 11 is 0. The normalized spacial score (nSPS) is 19.4. The first-order chi connectivity index (χ1) is 7.97. The Bertz CT molecular complexity index is 386.